The number of aromatic nitrogens is 2. The third kappa shape index (κ3) is 3.92. The van der Waals surface area contributed by atoms with Crippen LogP contribution < -0.4 is 5.56 Å². The SMILES string of the molecule is Cc1ccc(=O)n(CC2CCN(CC3CCCO3)CC2)n1. The highest BCUT2D eigenvalue weighted by Crippen LogP contribution is 2.21. The number of likely N-dealkylation sites (tertiary alicyclic amines) is 1. The third-order valence-corrected chi connectivity index (χ3v) is 4.62. The molecule has 3 rings (SSSR count). The molecule has 3 heterocycles. The standard InChI is InChI=1S/C16H25N3O2/c1-13-4-5-16(20)19(17-13)11-14-6-8-18(9-7-14)12-15-3-2-10-21-15/h4-5,14-15H,2-3,6-12H2,1H3. The van der Waals surface area contributed by atoms with E-state index < -0.39 is 0 Å². The summed E-state index contributed by atoms with van der Waals surface area (Å²) in [4.78, 5) is 14.3. The Morgan fingerprint density at radius 2 is 2.05 bits per heavy atom. The first-order valence-electron chi connectivity index (χ1n) is 8.09. The predicted molar refractivity (Wildman–Crippen MR) is 81.4 cm³/mol. The molecule has 1 aromatic rings. The van der Waals surface area contributed by atoms with Gasteiger partial charge < -0.3 is 9.64 Å². The van der Waals surface area contributed by atoms with Crippen LogP contribution in [0.1, 0.15) is 31.4 Å². The van der Waals surface area contributed by atoms with Crippen LogP contribution in [0.15, 0.2) is 16.9 Å². The Balaban J connectivity index is 1.49. The van der Waals surface area contributed by atoms with E-state index in [9.17, 15) is 4.79 Å². The van der Waals surface area contributed by atoms with Crippen molar-refractivity contribution in [1.29, 1.82) is 0 Å². The minimum absolute atomic E-state index is 0.0161. The van der Waals surface area contributed by atoms with Gasteiger partial charge >= 0.3 is 0 Å². The first kappa shape index (κ1) is 14.7. The summed E-state index contributed by atoms with van der Waals surface area (Å²) in [5.74, 6) is 0.567. The molecule has 1 aromatic heterocycles. The van der Waals surface area contributed by atoms with Gasteiger partial charge in [0, 0.05) is 25.8 Å². The zero-order chi connectivity index (χ0) is 14.7. The van der Waals surface area contributed by atoms with Crippen molar-refractivity contribution in [2.75, 3.05) is 26.2 Å². The van der Waals surface area contributed by atoms with Gasteiger partial charge in [-0.2, -0.15) is 5.10 Å². The van der Waals surface area contributed by atoms with Gasteiger partial charge in [0.2, 0.25) is 0 Å². The lowest BCUT2D eigenvalue weighted by Crippen LogP contribution is -2.40. The van der Waals surface area contributed by atoms with Gasteiger partial charge in [-0.05, 0) is 57.7 Å². The Morgan fingerprint density at radius 3 is 2.76 bits per heavy atom. The quantitative estimate of drug-likeness (QED) is 0.842. The van der Waals surface area contributed by atoms with E-state index in [1.54, 1.807) is 16.8 Å². The van der Waals surface area contributed by atoms with Gasteiger partial charge in [0.25, 0.3) is 5.56 Å². The van der Waals surface area contributed by atoms with Crippen LogP contribution in [0.2, 0.25) is 0 Å². The van der Waals surface area contributed by atoms with Crippen LogP contribution in [-0.4, -0.2) is 47.0 Å². The van der Waals surface area contributed by atoms with Gasteiger partial charge in [0.15, 0.2) is 0 Å². The maximum absolute atomic E-state index is 11.8. The van der Waals surface area contributed by atoms with Crippen molar-refractivity contribution in [2.45, 2.75) is 45.3 Å². The minimum Gasteiger partial charge on any atom is -0.377 e. The summed E-state index contributed by atoms with van der Waals surface area (Å²) in [6, 6.07) is 3.40. The molecule has 2 fully saturated rings. The average Bonchev–Trinajstić information content (AvgIpc) is 2.98. The van der Waals surface area contributed by atoms with E-state index in [1.165, 1.54) is 12.8 Å². The summed E-state index contributed by atoms with van der Waals surface area (Å²) < 4.78 is 7.34. The van der Waals surface area contributed by atoms with Gasteiger partial charge in [-0.15, -0.1) is 0 Å². The molecule has 0 N–H and O–H groups in total. The molecule has 0 radical (unpaired) electrons. The molecule has 1 unspecified atom stereocenters. The largest absolute Gasteiger partial charge is 0.377 e. The molecule has 0 amide bonds. The summed E-state index contributed by atoms with van der Waals surface area (Å²) in [5.41, 5.74) is 0.924. The van der Waals surface area contributed by atoms with Gasteiger partial charge in [0.1, 0.15) is 0 Å². The van der Waals surface area contributed by atoms with Gasteiger partial charge in [-0.25, -0.2) is 4.68 Å². The Labute approximate surface area is 125 Å². The molecular weight excluding hydrogens is 266 g/mol. The maximum Gasteiger partial charge on any atom is 0.266 e. The molecule has 0 bridgehead atoms. The van der Waals surface area contributed by atoms with Crippen molar-refractivity contribution < 1.29 is 4.74 Å². The maximum atomic E-state index is 11.8. The van der Waals surface area contributed by atoms with E-state index in [2.05, 4.69) is 10.00 Å². The summed E-state index contributed by atoms with van der Waals surface area (Å²) in [7, 11) is 0. The lowest BCUT2D eigenvalue weighted by molar-refractivity contribution is 0.0579. The summed E-state index contributed by atoms with van der Waals surface area (Å²) >= 11 is 0. The van der Waals surface area contributed by atoms with E-state index in [-0.39, 0.29) is 5.56 Å². The Kier molecular flexibility index (Phi) is 4.70. The van der Waals surface area contributed by atoms with Crippen LogP contribution >= 0.6 is 0 Å². The van der Waals surface area contributed by atoms with Crippen LogP contribution in [0, 0.1) is 12.8 Å². The molecule has 5 heteroatoms. The second-order valence-electron chi connectivity index (χ2n) is 6.37. The monoisotopic (exact) mass is 291 g/mol. The average molecular weight is 291 g/mol. The molecule has 0 spiro atoms. The van der Waals surface area contributed by atoms with E-state index in [4.69, 9.17) is 4.74 Å². The number of piperidine rings is 1. The molecule has 21 heavy (non-hydrogen) atoms. The molecule has 0 saturated carbocycles. The van der Waals surface area contributed by atoms with Crippen LogP contribution in [0.5, 0.6) is 0 Å². The highest BCUT2D eigenvalue weighted by molar-refractivity contribution is 4.97. The van der Waals surface area contributed by atoms with E-state index >= 15 is 0 Å². The molecule has 1 atom stereocenters. The van der Waals surface area contributed by atoms with Crippen LogP contribution in [0.3, 0.4) is 0 Å². The van der Waals surface area contributed by atoms with Crippen molar-refractivity contribution in [3.63, 3.8) is 0 Å². The Bertz CT molecular complexity index is 514. The Morgan fingerprint density at radius 1 is 1.24 bits per heavy atom. The number of hydrogen-bond acceptors (Lipinski definition) is 4. The lowest BCUT2D eigenvalue weighted by Gasteiger charge is -2.33. The number of nitrogens with zero attached hydrogens (tertiary/aromatic N) is 3. The summed E-state index contributed by atoms with van der Waals surface area (Å²) in [6.07, 6.45) is 5.16. The second kappa shape index (κ2) is 6.71. The fourth-order valence-corrected chi connectivity index (χ4v) is 3.35. The van der Waals surface area contributed by atoms with E-state index in [1.807, 2.05) is 6.92 Å². The zero-order valence-corrected chi connectivity index (χ0v) is 12.8. The second-order valence-corrected chi connectivity index (χ2v) is 6.37. The van der Waals surface area contributed by atoms with Crippen molar-refractivity contribution in [3.8, 4) is 0 Å². The normalized spacial score (nSPS) is 24.5. The first-order valence-corrected chi connectivity index (χ1v) is 8.09. The molecular formula is C16H25N3O2. The smallest absolute Gasteiger partial charge is 0.266 e. The Hall–Kier alpha value is -1.20. The molecule has 116 valence electrons. The van der Waals surface area contributed by atoms with Crippen molar-refractivity contribution in [1.82, 2.24) is 14.7 Å². The minimum atomic E-state index is 0.0161. The molecule has 2 saturated heterocycles. The van der Waals surface area contributed by atoms with Crippen molar-refractivity contribution in [3.05, 3.63) is 28.2 Å². The fraction of sp³-hybridized carbons (Fsp3) is 0.750. The van der Waals surface area contributed by atoms with E-state index in [0.29, 0.717) is 12.0 Å². The molecule has 5 nitrogen and oxygen atoms in total. The third-order valence-electron chi connectivity index (χ3n) is 4.62. The zero-order valence-electron chi connectivity index (χ0n) is 12.8. The lowest BCUT2D eigenvalue weighted by atomic mass is 9.96. The molecule has 2 aliphatic heterocycles. The highest BCUT2D eigenvalue weighted by Gasteiger charge is 2.24. The fourth-order valence-electron chi connectivity index (χ4n) is 3.35. The van der Waals surface area contributed by atoms with Gasteiger partial charge in [-0.1, -0.05) is 0 Å². The molecule has 0 aromatic carbocycles. The number of rotatable bonds is 4. The van der Waals surface area contributed by atoms with Crippen molar-refractivity contribution in [2.24, 2.45) is 5.92 Å². The van der Waals surface area contributed by atoms with E-state index in [0.717, 1.165) is 51.3 Å². The summed E-state index contributed by atoms with van der Waals surface area (Å²) in [6.45, 7) is 6.93. The van der Waals surface area contributed by atoms with Gasteiger partial charge in [0.05, 0.1) is 11.8 Å². The van der Waals surface area contributed by atoms with Gasteiger partial charge in [-0.3, -0.25) is 4.79 Å². The topological polar surface area (TPSA) is 47.4 Å². The number of hydrogen-bond donors (Lipinski definition) is 0. The molecule has 0 aliphatic carbocycles. The number of aryl methyl sites for hydroxylation is 1. The first-order chi connectivity index (χ1) is 10.2. The molecule has 2 aliphatic rings. The predicted octanol–water partition coefficient (Wildman–Crippen LogP) is 1.44. The van der Waals surface area contributed by atoms with Crippen LogP contribution in [0.4, 0.5) is 0 Å². The van der Waals surface area contributed by atoms with Crippen LogP contribution in [0.25, 0.3) is 0 Å². The number of ether oxygens (including phenoxy) is 1. The summed E-state index contributed by atoms with van der Waals surface area (Å²) in [5, 5.41) is 4.34. The highest BCUT2D eigenvalue weighted by atomic mass is 16.5. The van der Waals surface area contributed by atoms with Crippen LogP contribution in [-0.2, 0) is 11.3 Å². The van der Waals surface area contributed by atoms with Crippen molar-refractivity contribution >= 4 is 0 Å².